The molecule has 0 aromatic heterocycles. The summed E-state index contributed by atoms with van der Waals surface area (Å²) in [6.07, 6.45) is 0.783. The molecule has 1 N–H and O–H groups in total. The highest BCUT2D eigenvalue weighted by Gasteiger charge is 2.29. The molecular formula is C15H21NO3. The zero-order valence-corrected chi connectivity index (χ0v) is 11.3. The number of likely N-dealkylation sites (tertiary alicyclic amines) is 1. The van der Waals surface area contributed by atoms with Crippen molar-refractivity contribution in [2.45, 2.75) is 13.3 Å². The Hall–Kier alpha value is -1.55. The lowest BCUT2D eigenvalue weighted by Crippen LogP contribution is -2.44. The normalized spacial score (nSPS) is 24.1. The van der Waals surface area contributed by atoms with Gasteiger partial charge in [-0.1, -0.05) is 25.1 Å². The average molecular weight is 263 g/mol. The van der Waals surface area contributed by atoms with E-state index in [9.17, 15) is 4.79 Å². The topological polar surface area (TPSA) is 49.8 Å². The van der Waals surface area contributed by atoms with Crippen LogP contribution in [0.2, 0.25) is 0 Å². The Morgan fingerprint density at radius 3 is 2.79 bits per heavy atom. The highest BCUT2D eigenvalue weighted by molar-refractivity contribution is 5.70. The summed E-state index contributed by atoms with van der Waals surface area (Å²) in [6.45, 7) is 5.09. The molecule has 4 nitrogen and oxygen atoms in total. The van der Waals surface area contributed by atoms with Crippen molar-refractivity contribution in [3.05, 3.63) is 30.3 Å². The van der Waals surface area contributed by atoms with Crippen molar-refractivity contribution in [1.82, 2.24) is 4.90 Å². The van der Waals surface area contributed by atoms with Gasteiger partial charge in [0.25, 0.3) is 0 Å². The van der Waals surface area contributed by atoms with Crippen LogP contribution in [0.3, 0.4) is 0 Å². The van der Waals surface area contributed by atoms with E-state index in [0.717, 1.165) is 25.3 Å². The molecule has 1 fully saturated rings. The lowest BCUT2D eigenvalue weighted by atomic mass is 9.90. The number of hydrogen-bond acceptors (Lipinski definition) is 3. The second-order valence-corrected chi connectivity index (χ2v) is 5.30. The molecule has 1 aromatic carbocycles. The second kappa shape index (κ2) is 6.57. The lowest BCUT2D eigenvalue weighted by molar-refractivity contribution is -0.144. The third-order valence-corrected chi connectivity index (χ3v) is 3.50. The number of hydrogen-bond donors (Lipinski definition) is 1. The zero-order valence-electron chi connectivity index (χ0n) is 11.3. The average Bonchev–Trinajstić information content (AvgIpc) is 2.39. The van der Waals surface area contributed by atoms with Crippen molar-refractivity contribution in [1.29, 1.82) is 0 Å². The van der Waals surface area contributed by atoms with Crippen LogP contribution in [-0.4, -0.2) is 42.2 Å². The maximum Gasteiger partial charge on any atom is 0.307 e. The van der Waals surface area contributed by atoms with E-state index < -0.39 is 5.97 Å². The summed E-state index contributed by atoms with van der Waals surface area (Å²) in [7, 11) is 0. The number of ether oxygens (including phenoxy) is 1. The molecule has 2 rings (SSSR count). The molecule has 1 heterocycles. The number of piperidine rings is 1. The maximum absolute atomic E-state index is 11.1. The molecule has 4 heteroatoms. The maximum atomic E-state index is 11.1. The number of carboxylic acids is 1. The van der Waals surface area contributed by atoms with Gasteiger partial charge in [-0.25, -0.2) is 0 Å². The summed E-state index contributed by atoms with van der Waals surface area (Å²) >= 11 is 0. The van der Waals surface area contributed by atoms with E-state index in [1.807, 2.05) is 30.3 Å². The molecule has 0 saturated carbocycles. The standard InChI is InChI=1S/C15H21NO3/c1-12-9-13(15(17)18)11-16(10-12)7-8-19-14-5-3-2-4-6-14/h2-6,12-13H,7-11H2,1H3,(H,17,18). The summed E-state index contributed by atoms with van der Waals surface area (Å²) in [5, 5.41) is 9.12. The molecule has 0 radical (unpaired) electrons. The van der Waals surface area contributed by atoms with Gasteiger partial charge >= 0.3 is 5.97 Å². The van der Waals surface area contributed by atoms with Gasteiger partial charge in [0.2, 0.25) is 0 Å². The van der Waals surface area contributed by atoms with Crippen molar-refractivity contribution in [3.63, 3.8) is 0 Å². The van der Waals surface area contributed by atoms with Crippen LogP contribution in [-0.2, 0) is 4.79 Å². The zero-order chi connectivity index (χ0) is 13.7. The van der Waals surface area contributed by atoms with E-state index in [-0.39, 0.29) is 5.92 Å². The predicted molar refractivity (Wildman–Crippen MR) is 73.3 cm³/mol. The first-order valence-corrected chi connectivity index (χ1v) is 6.78. The summed E-state index contributed by atoms with van der Waals surface area (Å²) in [6, 6.07) is 9.70. The van der Waals surface area contributed by atoms with Gasteiger partial charge in [0.05, 0.1) is 5.92 Å². The van der Waals surface area contributed by atoms with Crippen LogP contribution in [0.1, 0.15) is 13.3 Å². The van der Waals surface area contributed by atoms with Gasteiger partial charge in [-0.15, -0.1) is 0 Å². The fourth-order valence-electron chi connectivity index (χ4n) is 2.63. The van der Waals surface area contributed by atoms with Crippen LogP contribution in [0.15, 0.2) is 30.3 Å². The van der Waals surface area contributed by atoms with Gasteiger partial charge < -0.3 is 9.84 Å². The molecule has 2 unspecified atom stereocenters. The van der Waals surface area contributed by atoms with Gasteiger partial charge in [0.15, 0.2) is 0 Å². The number of aliphatic carboxylic acids is 1. The summed E-state index contributed by atoms with van der Waals surface area (Å²) in [5.41, 5.74) is 0. The summed E-state index contributed by atoms with van der Waals surface area (Å²) < 4.78 is 5.65. The lowest BCUT2D eigenvalue weighted by Gasteiger charge is -2.34. The van der Waals surface area contributed by atoms with Crippen LogP contribution < -0.4 is 4.74 Å². The van der Waals surface area contributed by atoms with Gasteiger partial charge in [-0.05, 0) is 24.5 Å². The fourth-order valence-corrected chi connectivity index (χ4v) is 2.63. The molecule has 0 amide bonds. The van der Waals surface area contributed by atoms with Crippen LogP contribution in [0.4, 0.5) is 0 Å². The summed E-state index contributed by atoms with van der Waals surface area (Å²) in [4.78, 5) is 13.3. The highest BCUT2D eigenvalue weighted by Crippen LogP contribution is 2.21. The molecule has 1 saturated heterocycles. The minimum absolute atomic E-state index is 0.236. The Labute approximate surface area is 114 Å². The van der Waals surface area contributed by atoms with E-state index in [4.69, 9.17) is 9.84 Å². The van der Waals surface area contributed by atoms with Crippen molar-refractivity contribution in [2.75, 3.05) is 26.2 Å². The summed E-state index contributed by atoms with van der Waals surface area (Å²) in [5.74, 6) is 0.384. The Bertz CT molecular complexity index is 407. The molecular weight excluding hydrogens is 242 g/mol. The molecule has 19 heavy (non-hydrogen) atoms. The monoisotopic (exact) mass is 263 g/mol. The number of carbonyl (C=O) groups is 1. The van der Waals surface area contributed by atoms with Gasteiger partial charge in [0, 0.05) is 19.6 Å². The Balaban J connectivity index is 1.77. The van der Waals surface area contributed by atoms with Crippen molar-refractivity contribution >= 4 is 5.97 Å². The molecule has 0 aliphatic carbocycles. The third kappa shape index (κ3) is 4.24. The SMILES string of the molecule is CC1CC(C(=O)O)CN(CCOc2ccccc2)C1. The first kappa shape index (κ1) is 13.9. The number of rotatable bonds is 5. The molecule has 2 atom stereocenters. The minimum Gasteiger partial charge on any atom is -0.492 e. The number of para-hydroxylation sites is 1. The van der Waals surface area contributed by atoms with Crippen molar-refractivity contribution in [3.8, 4) is 5.75 Å². The largest absolute Gasteiger partial charge is 0.492 e. The van der Waals surface area contributed by atoms with E-state index in [2.05, 4.69) is 11.8 Å². The first-order chi connectivity index (χ1) is 9.15. The van der Waals surface area contributed by atoms with E-state index in [1.165, 1.54) is 0 Å². The van der Waals surface area contributed by atoms with E-state index in [1.54, 1.807) is 0 Å². The Morgan fingerprint density at radius 1 is 1.37 bits per heavy atom. The van der Waals surface area contributed by atoms with E-state index in [0.29, 0.717) is 19.1 Å². The van der Waals surface area contributed by atoms with E-state index >= 15 is 0 Å². The number of nitrogens with zero attached hydrogens (tertiary/aromatic N) is 1. The molecule has 0 bridgehead atoms. The molecule has 1 aliphatic rings. The van der Waals surface area contributed by atoms with Gasteiger partial charge in [-0.3, -0.25) is 9.69 Å². The van der Waals surface area contributed by atoms with Gasteiger partial charge in [0.1, 0.15) is 12.4 Å². The third-order valence-electron chi connectivity index (χ3n) is 3.50. The quantitative estimate of drug-likeness (QED) is 0.884. The number of carboxylic acid groups (broad SMARTS) is 1. The van der Waals surface area contributed by atoms with Crippen LogP contribution >= 0.6 is 0 Å². The second-order valence-electron chi connectivity index (χ2n) is 5.30. The van der Waals surface area contributed by atoms with Crippen molar-refractivity contribution in [2.24, 2.45) is 11.8 Å². The smallest absolute Gasteiger partial charge is 0.307 e. The minimum atomic E-state index is -0.680. The predicted octanol–water partition coefficient (Wildman–Crippen LogP) is 2.11. The highest BCUT2D eigenvalue weighted by atomic mass is 16.5. The van der Waals surface area contributed by atoms with Crippen molar-refractivity contribution < 1.29 is 14.6 Å². The number of benzene rings is 1. The molecule has 1 aliphatic heterocycles. The first-order valence-electron chi connectivity index (χ1n) is 6.78. The molecule has 104 valence electrons. The van der Waals surface area contributed by atoms with Crippen LogP contribution in [0.5, 0.6) is 5.75 Å². The van der Waals surface area contributed by atoms with Crippen LogP contribution in [0.25, 0.3) is 0 Å². The molecule has 1 aromatic rings. The Morgan fingerprint density at radius 2 is 2.11 bits per heavy atom. The van der Waals surface area contributed by atoms with Gasteiger partial charge in [-0.2, -0.15) is 0 Å². The molecule has 0 spiro atoms. The fraction of sp³-hybridized carbons (Fsp3) is 0.533. The Kier molecular flexibility index (Phi) is 4.80. The van der Waals surface area contributed by atoms with Crippen LogP contribution in [0, 0.1) is 11.8 Å².